The lowest BCUT2D eigenvalue weighted by molar-refractivity contribution is 0.414. The molecule has 1 aliphatic rings. The summed E-state index contributed by atoms with van der Waals surface area (Å²) in [4.78, 5) is 0. The van der Waals surface area contributed by atoms with Crippen molar-refractivity contribution in [3.05, 3.63) is 65.2 Å². The van der Waals surface area contributed by atoms with Crippen LogP contribution < -0.4 is 10.1 Å². The van der Waals surface area contributed by atoms with Crippen LogP contribution in [0.15, 0.2) is 48.5 Å². The normalized spacial score (nSPS) is 17.3. The molecule has 1 aliphatic heterocycles. The van der Waals surface area contributed by atoms with Crippen molar-refractivity contribution in [1.29, 1.82) is 0 Å². The molecular formula is C18H21NOS. The third-order valence-electron chi connectivity index (χ3n) is 3.91. The molecular weight excluding hydrogens is 278 g/mol. The largest absolute Gasteiger partial charge is 0.497 e. The van der Waals surface area contributed by atoms with Gasteiger partial charge < -0.3 is 10.1 Å². The predicted octanol–water partition coefficient (Wildman–Crippen LogP) is 3.82. The van der Waals surface area contributed by atoms with E-state index in [0.717, 1.165) is 30.2 Å². The van der Waals surface area contributed by atoms with Gasteiger partial charge in [-0.3, -0.25) is 0 Å². The summed E-state index contributed by atoms with van der Waals surface area (Å²) in [5.74, 6) is 3.24. The Morgan fingerprint density at radius 2 is 2.10 bits per heavy atom. The van der Waals surface area contributed by atoms with E-state index < -0.39 is 0 Å². The topological polar surface area (TPSA) is 21.3 Å². The molecule has 3 rings (SSSR count). The smallest absolute Gasteiger partial charge is 0.119 e. The highest BCUT2D eigenvalue weighted by atomic mass is 32.2. The molecule has 1 unspecified atom stereocenters. The molecule has 2 aromatic carbocycles. The van der Waals surface area contributed by atoms with Crippen LogP contribution in [0.25, 0.3) is 0 Å². The highest BCUT2D eigenvalue weighted by Crippen LogP contribution is 2.31. The number of fused-ring (bicyclic) bond motifs is 1. The molecule has 0 aromatic heterocycles. The highest BCUT2D eigenvalue weighted by Gasteiger charge is 2.19. The summed E-state index contributed by atoms with van der Waals surface area (Å²) in [6.45, 7) is 0.993. The van der Waals surface area contributed by atoms with Crippen LogP contribution in [-0.2, 0) is 12.2 Å². The molecule has 2 nitrogen and oxygen atoms in total. The highest BCUT2D eigenvalue weighted by molar-refractivity contribution is 7.98. The molecule has 1 N–H and O–H groups in total. The summed E-state index contributed by atoms with van der Waals surface area (Å²) in [5.41, 5.74) is 4.27. The maximum Gasteiger partial charge on any atom is 0.119 e. The van der Waals surface area contributed by atoms with Crippen molar-refractivity contribution in [2.75, 3.05) is 19.4 Å². The average molecular weight is 299 g/mol. The Balaban J connectivity index is 1.59. The van der Waals surface area contributed by atoms with Gasteiger partial charge in [-0.2, -0.15) is 11.8 Å². The van der Waals surface area contributed by atoms with Crippen LogP contribution in [-0.4, -0.2) is 19.4 Å². The van der Waals surface area contributed by atoms with Crippen LogP contribution >= 0.6 is 11.8 Å². The van der Waals surface area contributed by atoms with Gasteiger partial charge in [0.2, 0.25) is 0 Å². The van der Waals surface area contributed by atoms with Gasteiger partial charge in [0.05, 0.1) is 7.11 Å². The molecule has 110 valence electrons. The molecule has 0 radical (unpaired) electrons. The maximum absolute atomic E-state index is 5.27. The quantitative estimate of drug-likeness (QED) is 0.907. The minimum Gasteiger partial charge on any atom is -0.497 e. The van der Waals surface area contributed by atoms with Crippen LogP contribution in [0.1, 0.15) is 22.7 Å². The number of hydrogen-bond acceptors (Lipinski definition) is 3. The molecule has 0 fully saturated rings. The molecule has 0 saturated heterocycles. The third-order valence-corrected chi connectivity index (χ3v) is 5.00. The van der Waals surface area contributed by atoms with Crippen LogP contribution in [0.3, 0.4) is 0 Å². The fraction of sp³-hybridized carbons (Fsp3) is 0.333. The second-order valence-electron chi connectivity index (χ2n) is 5.32. The van der Waals surface area contributed by atoms with Crippen molar-refractivity contribution in [2.24, 2.45) is 0 Å². The van der Waals surface area contributed by atoms with Crippen molar-refractivity contribution < 1.29 is 4.74 Å². The molecule has 0 amide bonds. The number of thioether (sulfide) groups is 1. The minimum absolute atomic E-state index is 0.477. The summed E-state index contributed by atoms with van der Waals surface area (Å²) >= 11 is 2.02. The van der Waals surface area contributed by atoms with E-state index in [0.29, 0.717) is 6.04 Å². The Labute approximate surface area is 130 Å². The van der Waals surface area contributed by atoms with Crippen molar-refractivity contribution >= 4 is 11.8 Å². The lowest BCUT2D eigenvalue weighted by atomic mass is 10.0. The summed E-state index contributed by atoms with van der Waals surface area (Å²) in [5, 5.41) is 3.70. The van der Waals surface area contributed by atoms with Gasteiger partial charge in [0, 0.05) is 17.5 Å². The first-order valence-electron chi connectivity index (χ1n) is 7.38. The Morgan fingerprint density at radius 3 is 3.00 bits per heavy atom. The molecule has 1 heterocycles. The molecule has 0 spiro atoms. The fourth-order valence-corrected chi connectivity index (χ4v) is 3.90. The van der Waals surface area contributed by atoms with E-state index in [4.69, 9.17) is 4.74 Å². The lowest BCUT2D eigenvalue weighted by Gasteiger charge is -2.26. The maximum atomic E-state index is 5.27. The van der Waals surface area contributed by atoms with E-state index in [1.807, 2.05) is 17.8 Å². The summed E-state index contributed by atoms with van der Waals surface area (Å²) in [6, 6.07) is 17.6. The monoisotopic (exact) mass is 299 g/mol. The number of rotatable bonds is 5. The predicted molar refractivity (Wildman–Crippen MR) is 90.0 cm³/mol. The van der Waals surface area contributed by atoms with Crippen molar-refractivity contribution in [3.63, 3.8) is 0 Å². The molecule has 1 atom stereocenters. The summed E-state index contributed by atoms with van der Waals surface area (Å²) < 4.78 is 5.27. The van der Waals surface area contributed by atoms with Gasteiger partial charge in [0.1, 0.15) is 5.75 Å². The first kappa shape index (κ1) is 14.5. The second kappa shape index (κ2) is 7.01. The Hall–Kier alpha value is -1.45. The van der Waals surface area contributed by atoms with Crippen LogP contribution in [0.5, 0.6) is 5.75 Å². The van der Waals surface area contributed by atoms with E-state index in [1.165, 1.54) is 16.7 Å². The van der Waals surface area contributed by atoms with Crippen molar-refractivity contribution in [1.82, 2.24) is 5.32 Å². The van der Waals surface area contributed by atoms with Crippen LogP contribution in [0.2, 0.25) is 0 Å². The van der Waals surface area contributed by atoms with Gasteiger partial charge >= 0.3 is 0 Å². The van der Waals surface area contributed by atoms with Gasteiger partial charge in [-0.1, -0.05) is 36.4 Å². The van der Waals surface area contributed by atoms with Crippen LogP contribution in [0.4, 0.5) is 0 Å². The SMILES string of the molecule is COc1cccc(CCNC2CSCc3ccccc32)c1. The zero-order valence-corrected chi connectivity index (χ0v) is 13.2. The average Bonchev–Trinajstić information content (AvgIpc) is 2.55. The Kier molecular flexibility index (Phi) is 4.84. The standard InChI is InChI=1S/C18H21NOS/c1-20-16-7-4-5-14(11-16)9-10-19-18-13-21-12-15-6-2-3-8-17(15)18/h2-8,11,18-19H,9-10,12-13H2,1H3. The third kappa shape index (κ3) is 3.60. The van der Waals surface area contributed by atoms with E-state index in [2.05, 4.69) is 47.8 Å². The minimum atomic E-state index is 0.477. The zero-order valence-electron chi connectivity index (χ0n) is 12.3. The first-order valence-corrected chi connectivity index (χ1v) is 8.54. The summed E-state index contributed by atoms with van der Waals surface area (Å²) in [6.07, 6.45) is 1.03. The molecule has 0 aliphatic carbocycles. The van der Waals surface area contributed by atoms with E-state index in [1.54, 1.807) is 7.11 Å². The lowest BCUT2D eigenvalue weighted by Crippen LogP contribution is -2.28. The molecule has 21 heavy (non-hydrogen) atoms. The zero-order chi connectivity index (χ0) is 14.5. The number of hydrogen-bond donors (Lipinski definition) is 1. The van der Waals surface area contributed by atoms with Crippen molar-refractivity contribution in [3.8, 4) is 5.75 Å². The summed E-state index contributed by atoms with van der Waals surface area (Å²) in [7, 11) is 1.72. The van der Waals surface area contributed by atoms with E-state index >= 15 is 0 Å². The Bertz CT molecular complexity index is 599. The number of methoxy groups -OCH3 is 1. The molecule has 2 aromatic rings. The van der Waals surface area contributed by atoms with Gasteiger partial charge in [-0.25, -0.2) is 0 Å². The van der Waals surface area contributed by atoms with Gasteiger partial charge in [-0.05, 0) is 41.8 Å². The van der Waals surface area contributed by atoms with Gasteiger partial charge in [0.15, 0.2) is 0 Å². The van der Waals surface area contributed by atoms with Gasteiger partial charge in [-0.15, -0.1) is 0 Å². The first-order chi connectivity index (χ1) is 10.4. The second-order valence-corrected chi connectivity index (χ2v) is 6.35. The number of ether oxygens (including phenoxy) is 1. The fourth-order valence-electron chi connectivity index (χ4n) is 2.77. The number of nitrogens with one attached hydrogen (secondary N) is 1. The van der Waals surface area contributed by atoms with E-state index in [9.17, 15) is 0 Å². The molecule has 3 heteroatoms. The number of benzene rings is 2. The Morgan fingerprint density at radius 1 is 1.19 bits per heavy atom. The molecule has 0 bridgehead atoms. The van der Waals surface area contributed by atoms with Gasteiger partial charge in [0.25, 0.3) is 0 Å². The van der Waals surface area contributed by atoms with E-state index in [-0.39, 0.29) is 0 Å². The van der Waals surface area contributed by atoms with Crippen LogP contribution in [0, 0.1) is 0 Å². The van der Waals surface area contributed by atoms with Crippen molar-refractivity contribution in [2.45, 2.75) is 18.2 Å². The molecule has 0 saturated carbocycles.